The number of likely N-dealkylation sites (tertiary alicyclic amines) is 1. The minimum absolute atomic E-state index is 0.804. The Labute approximate surface area is 154 Å². The number of halogens is 2. The van der Waals surface area contributed by atoms with Crippen molar-refractivity contribution in [1.82, 2.24) is 4.90 Å². The van der Waals surface area contributed by atoms with Crippen molar-refractivity contribution in [3.05, 3.63) is 61.8 Å². The summed E-state index contributed by atoms with van der Waals surface area (Å²) in [6, 6.07) is 8.49. The van der Waals surface area contributed by atoms with Gasteiger partial charge in [-0.2, -0.15) is 0 Å². The molecule has 0 radical (unpaired) electrons. The Morgan fingerprint density at radius 3 is 2.70 bits per heavy atom. The van der Waals surface area contributed by atoms with Crippen molar-refractivity contribution in [3.8, 4) is 0 Å². The molecule has 0 amide bonds. The maximum absolute atomic E-state index is 6.33. The number of piperidine rings is 1. The number of hydrogen-bond donors (Lipinski definition) is 0. The Morgan fingerprint density at radius 2 is 1.91 bits per heavy atom. The van der Waals surface area contributed by atoms with E-state index in [9.17, 15) is 0 Å². The molecule has 23 heavy (non-hydrogen) atoms. The van der Waals surface area contributed by atoms with Crippen LogP contribution in [0.25, 0.3) is 16.1 Å². The molecule has 0 unspecified atom stereocenters. The summed E-state index contributed by atoms with van der Waals surface area (Å²) in [6.45, 7) is 2.26. The first-order valence-electron chi connectivity index (χ1n) is 7.79. The highest BCUT2D eigenvalue weighted by molar-refractivity contribution is 9.15. The molecule has 2 heterocycles. The van der Waals surface area contributed by atoms with E-state index in [-0.39, 0.29) is 0 Å². The molecule has 0 N–H and O–H groups in total. The SMILES string of the molecule is CN1CCC(=C2c3cc(Cl)ccc3C=C(Br)c3sccc32)CC1. The number of fused-ring (bicyclic) bond motifs is 2. The maximum atomic E-state index is 6.33. The van der Waals surface area contributed by atoms with Crippen molar-refractivity contribution in [2.24, 2.45) is 0 Å². The number of hydrogen-bond acceptors (Lipinski definition) is 2. The monoisotopic (exact) mass is 405 g/mol. The van der Waals surface area contributed by atoms with Crippen LogP contribution in [0.1, 0.15) is 34.4 Å². The van der Waals surface area contributed by atoms with E-state index in [2.05, 4.69) is 57.5 Å². The van der Waals surface area contributed by atoms with Gasteiger partial charge in [-0.1, -0.05) is 23.2 Å². The molecular formula is C19H17BrClNS. The van der Waals surface area contributed by atoms with Crippen LogP contribution in [0.4, 0.5) is 0 Å². The molecule has 118 valence electrons. The van der Waals surface area contributed by atoms with Gasteiger partial charge in [0.15, 0.2) is 0 Å². The van der Waals surface area contributed by atoms with Crippen LogP contribution in [0.3, 0.4) is 0 Å². The molecular weight excluding hydrogens is 390 g/mol. The van der Waals surface area contributed by atoms with Crippen molar-refractivity contribution in [1.29, 1.82) is 0 Å². The zero-order valence-electron chi connectivity index (χ0n) is 12.9. The Hall–Kier alpha value is -0.870. The van der Waals surface area contributed by atoms with Gasteiger partial charge in [-0.3, -0.25) is 0 Å². The lowest BCUT2D eigenvalue weighted by atomic mass is 9.87. The molecule has 1 aliphatic carbocycles. The van der Waals surface area contributed by atoms with Gasteiger partial charge >= 0.3 is 0 Å². The highest BCUT2D eigenvalue weighted by Crippen LogP contribution is 2.45. The predicted octanol–water partition coefficient (Wildman–Crippen LogP) is 6.14. The Balaban J connectivity index is 1.99. The molecule has 0 atom stereocenters. The predicted molar refractivity (Wildman–Crippen MR) is 105 cm³/mol. The second kappa shape index (κ2) is 6.21. The van der Waals surface area contributed by atoms with E-state index in [1.807, 2.05) is 6.07 Å². The van der Waals surface area contributed by atoms with Crippen LogP contribution in [0.5, 0.6) is 0 Å². The second-order valence-corrected chi connectivity index (χ2v) is 8.38. The molecule has 4 heteroatoms. The largest absolute Gasteiger partial charge is 0.306 e. The van der Waals surface area contributed by atoms with E-state index in [0.29, 0.717) is 0 Å². The summed E-state index contributed by atoms with van der Waals surface area (Å²) >= 11 is 11.9. The lowest BCUT2D eigenvalue weighted by molar-refractivity contribution is 0.313. The van der Waals surface area contributed by atoms with Crippen LogP contribution in [0, 0.1) is 0 Å². The van der Waals surface area contributed by atoms with Crippen LogP contribution >= 0.6 is 38.9 Å². The van der Waals surface area contributed by atoms with Gasteiger partial charge in [0, 0.05) is 33.0 Å². The molecule has 0 saturated carbocycles. The highest BCUT2D eigenvalue weighted by atomic mass is 79.9. The van der Waals surface area contributed by atoms with Crippen LogP contribution in [-0.4, -0.2) is 25.0 Å². The molecule has 1 nitrogen and oxygen atoms in total. The summed E-state index contributed by atoms with van der Waals surface area (Å²) in [4.78, 5) is 3.72. The highest BCUT2D eigenvalue weighted by Gasteiger charge is 2.24. The lowest BCUT2D eigenvalue weighted by Crippen LogP contribution is -2.27. The lowest BCUT2D eigenvalue weighted by Gasteiger charge is -2.27. The van der Waals surface area contributed by atoms with Crippen LogP contribution in [0.2, 0.25) is 5.02 Å². The summed E-state index contributed by atoms with van der Waals surface area (Å²) in [5.41, 5.74) is 6.82. The maximum Gasteiger partial charge on any atom is 0.0491 e. The fourth-order valence-corrected chi connectivity index (χ4v) is 5.15. The first-order chi connectivity index (χ1) is 11.1. The van der Waals surface area contributed by atoms with Gasteiger partial charge in [0.2, 0.25) is 0 Å². The van der Waals surface area contributed by atoms with Gasteiger partial charge in [-0.15, -0.1) is 11.3 Å². The summed E-state index contributed by atoms with van der Waals surface area (Å²) in [5.74, 6) is 0. The molecule has 1 saturated heterocycles. The van der Waals surface area contributed by atoms with Gasteiger partial charge in [-0.05, 0) is 82.2 Å². The van der Waals surface area contributed by atoms with Gasteiger partial charge in [0.25, 0.3) is 0 Å². The molecule has 2 aromatic rings. The first-order valence-corrected chi connectivity index (χ1v) is 9.84. The zero-order valence-corrected chi connectivity index (χ0v) is 16.1. The number of nitrogens with zero attached hydrogens (tertiary/aromatic N) is 1. The fraction of sp³-hybridized carbons (Fsp3) is 0.263. The smallest absolute Gasteiger partial charge is 0.0491 e. The quantitative estimate of drug-likeness (QED) is 0.508. The third kappa shape index (κ3) is 2.85. The van der Waals surface area contributed by atoms with Crippen molar-refractivity contribution < 1.29 is 0 Å². The van der Waals surface area contributed by atoms with E-state index < -0.39 is 0 Å². The van der Waals surface area contributed by atoms with Gasteiger partial charge < -0.3 is 4.90 Å². The molecule has 1 aromatic carbocycles. The van der Waals surface area contributed by atoms with E-state index in [4.69, 9.17) is 11.6 Å². The molecule has 2 aliphatic rings. The van der Waals surface area contributed by atoms with Gasteiger partial charge in [0.1, 0.15) is 0 Å². The van der Waals surface area contributed by atoms with Crippen molar-refractivity contribution in [3.63, 3.8) is 0 Å². The van der Waals surface area contributed by atoms with Crippen LogP contribution < -0.4 is 0 Å². The van der Waals surface area contributed by atoms with E-state index in [1.54, 1.807) is 16.9 Å². The first kappa shape index (κ1) is 15.6. The fourth-order valence-electron chi connectivity index (χ4n) is 3.43. The van der Waals surface area contributed by atoms with E-state index in [1.165, 1.54) is 27.1 Å². The summed E-state index contributed by atoms with van der Waals surface area (Å²) in [6.07, 6.45) is 4.49. The zero-order chi connectivity index (χ0) is 16.0. The molecule has 0 bridgehead atoms. The van der Waals surface area contributed by atoms with Crippen molar-refractivity contribution in [2.75, 3.05) is 20.1 Å². The van der Waals surface area contributed by atoms with Crippen molar-refractivity contribution >= 4 is 55.0 Å². The van der Waals surface area contributed by atoms with Crippen LogP contribution in [-0.2, 0) is 0 Å². The normalized spacial score (nSPS) is 18.3. The summed E-state index contributed by atoms with van der Waals surface area (Å²) < 4.78 is 1.16. The second-order valence-electron chi connectivity index (χ2n) is 6.17. The third-order valence-electron chi connectivity index (χ3n) is 4.66. The average Bonchev–Trinajstić information content (AvgIpc) is 2.97. The summed E-state index contributed by atoms with van der Waals surface area (Å²) in [5, 5.41) is 2.99. The molecule has 0 spiro atoms. The molecule has 4 rings (SSSR count). The number of benzene rings is 1. The van der Waals surface area contributed by atoms with Crippen molar-refractivity contribution in [2.45, 2.75) is 12.8 Å². The molecule has 1 aliphatic heterocycles. The van der Waals surface area contributed by atoms with E-state index >= 15 is 0 Å². The molecule has 1 fully saturated rings. The standard InChI is InChI=1S/C19H17BrClNS/c1-22-7-4-12(5-8-22)18-15-6-9-23-19(15)17(20)10-13-2-3-14(21)11-16(13)18/h2-3,6,9-11H,4-5,7-8H2,1H3. The Morgan fingerprint density at radius 1 is 1.13 bits per heavy atom. The van der Waals surface area contributed by atoms with Gasteiger partial charge in [-0.25, -0.2) is 0 Å². The minimum atomic E-state index is 0.804. The third-order valence-corrected chi connectivity index (χ3v) is 6.73. The Kier molecular flexibility index (Phi) is 4.22. The van der Waals surface area contributed by atoms with Crippen LogP contribution in [0.15, 0.2) is 35.2 Å². The number of thiophene rings is 1. The van der Waals surface area contributed by atoms with Gasteiger partial charge in [0.05, 0.1) is 0 Å². The minimum Gasteiger partial charge on any atom is -0.306 e. The molecule has 1 aromatic heterocycles. The average molecular weight is 407 g/mol. The Bertz CT molecular complexity index is 824. The summed E-state index contributed by atoms with van der Waals surface area (Å²) in [7, 11) is 2.20. The number of rotatable bonds is 0. The van der Waals surface area contributed by atoms with E-state index in [0.717, 1.165) is 35.4 Å². The topological polar surface area (TPSA) is 3.24 Å².